The summed E-state index contributed by atoms with van der Waals surface area (Å²) in [6.45, 7) is 4.43. The second-order valence-electron chi connectivity index (χ2n) is 4.32. The van der Waals surface area contributed by atoms with Crippen molar-refractivity contribution in [1.29, 1.82) is 0 Å². The average Bonchev–Trinajstić information content (AvgIpc) is 2.41. The maximum absolute atomic E-state index is 12.7. The molecule has 0 atom stereocenters. The third kappa shape index (κ3) is 4.21. The van der Waals surface area contributed by atoms with Gasteiger partial charge in [0.25, 0.3) is 0 Å². The predicted molar refractivity (Wildman–Crippen MR) is 70.8 cm³/mol. The number of nitrogens with one attached hydrogen (secondary N) is 1. The number of benzene rings is 1. The van der Waals surface area contributed by atoms with Crippen molar-refractivity contribution >= 4 is 5.97 Å². The zero-order valence-electron chi connectivity index (χ0n) is 11.3. The molecule has 19 heavy (non-hydrogen) atoms. The maximum atomic E-state index is 12.7. The van der Waals surface area contributed by atoms with Gasteiger partial charge in [-0.25, -0.2) is 4.39 Å². The van der Waals surface area contributed by atoms with Gasteiger partial charge in [0.05, 0.1) is 0 Å². The Hall–Kier alpha value is -1.62. The zero-order valence-corrected chi connectivity index (χ0v) is 11.3. The van der Waals surface area contributed by atoms with Crippen molar-refractivity contribution in [2.75, 3.05) is 13.2 Å². The summed E-state index contributed by atoms with van der Waals surface area (Å²) in [6.07, 6.45) is 1.02. The molecule has 1 rings (SSSR count). The summed E-state index contributed by atoms with van der Waals surface area (Å²) in [5, 5.41) is 12.2. The second-order valence-corrected chi connectivity index (χ2v) is 4.32. The summed E-state index contributed by atoms with van der Waals surface area (Å²) < 4.78 is 18.1. The van der Waals surface area contributed by atoms with Crippen molar-refractivity contribution in [2.45, 2.75) is 32.2 Å². The van der Waals surface area contributed by atoms with E-state index in [1.54, 1.807) is 12.1 Å². The van der Waals surface area contributed by atoms with Crippen molar-refractivity contribution in [3.05, 3.63) is 30.1 Å². The van der Waals surface area contributed by atoms with Gasteiger partial charge in [0.15, 0.2) is 0 Å². The minimum absolute atomic E-state index is 0.313. The molecule has 0 heterocycles. The van der Waals surface area contributed by atoms with Crippen LogP contribution in [0.5, 0.6) is 5.75 Å². The van der Waals surface area contributed by atoms with E-state index in [0.29, 0.717) is 31.7 Å². The highest BCUT2D eigenvalue weighted by molar-refractivity contribution is 5.78. The molecule has 0 fully saturated rings. The molecule has 0 aromatic heterocycles. The molecular formula is C14H20FNO3. The van der Waals surface area contributed by atoms with E-state index in [1.165, 1.54) is 12.1 Å². The van der Waals surface area contributed by atoms with Crippen LogP contribution >= 0.6 is 0 Å². The van der Waals surface area contributed by atoms with Crippen molar-refractivity contribution in [2.24, 2.45) is 0 Å². The SMILES string of the molecule is CCC(CC)(NCCOc1ccc(F)cc1)C(=O)O. The Morgan fingerprint density at radius 3 is 2.37 bits per heavy atom. The first-order valence-electron chi connectivity index (χ1n) is 6.41. The molecule has 0 bridgehead atoms. The van der Waals surface area contributed by atoms with Crippen molar-refractivity contribution in [3.63, 3.8) is 0 Å². The highest BCUT2D eigenvalue weighted by Crippen LogP contribution is 2.15. The second kappa shape index (κ2) is 7.09. The monoisotopic (exact) mass is 269 g/mol. The van der Waals surface area contributed by atoms with Crippen LogP contribution in [0.1, 0.15) is 26.7 Å². The summed E-state index contributed by atoms with van der Waals surface area (Å²) in [5.74, 6) is -0.594. The third-order valence-corrected chi connectivity index (χ3v) is 3.26. The molecule has 0 aliphatic carbocycles. The van der Waals surface area contributed by atoms with Crippen LogP contribution in [-0.4, -0.2) is 29.8 Å². The Morgan fingerprint density at radius 1 is 1.32 bits per heavy atom. The lowest BCUT2D eigenvalue weighted by molar-refractivity contribution is -0.145. The number of rotatable bonds is 8. The molecule has 0 spiro atoms. The van der Waals surface area contributed by atoms with Gasteiger partial charge in [-0.05, 0) is 37.1 Å². The van der Waals surface area contributed by atoms with E-state index < -0.39 is 11.5 Å². The van der Waals surface area contributed by atoms with E-state index >= 15 is 0 Å². The van der Waals surface area contributed by atoms with Gasteiger partial charge >= 0.3 is 5.97 Å². The Bertz CT molecular complexity index is 402. The van der Waals surface area contributed by atoms with E-state index in [-0.39, 0.29) is 5.82 Å². The van der Waals surface area contributed by atoms with Crippen LogP contribution < -0.4 is 10.1 Å². The van der Waals surface area contributed by atoms with Crippen molar-refractivity contribution in [3.8, 4) is 5.75 Å². The fourth-order valence-electron chi connectivity index (χ4n) is 1.87. The smallest absolute Gasteiger partial charge is 0.323 e. The number of halogens is 1. The lowest BCUT2D eigenvalue weighted by atomic mass is 9.93. The molecule has 2 N–H and O–H groups in total. The number of carboxylic acid groups (broad SMARTS) is 1. The fourth-order valence-corrected chi connectivity index (χ4v) is 1.87. The Labute approximate surface area is 112 Å². The van der Waals surface area contributed by atoms with Gasteiger partial charge in [-0.2, -0.15) is 0 Å². The van der Waals surface area contributed by atoms with E-state index in [9.17, 15) is 14.3 Å². The van der Waals surface area contributed by atoms with Gasteiger partial charge in [0, 0.05) is 6.54 Å². The largest absolute Gasteiger partial charge is 0.492 e. The van der Waals surface area contributed by atoms with Gasteiger partial charge in [-0.3, -0.25) is 10.1 Å². The van der Waals surface area contributed by atoms with Gasteiger partial charge in [-0.1, -0.05) is 13.8 Å². The van der Waals surface area contributed by atoms with Crippen molar-refractivity contribution < 1.29 is 19.0 Å². The fraction of sp³-hybridized carbons (Fsp3) is 0.500. The number of carboxylic acids is 1. The normalized spacial score (nSPS) is 11.3. The molecule has 0 unspecified atom stereocenters. The first kappa shape index (κ1) is 15.4. The van der Waals surface area contributed by atoms with Gasteiger partial charge < -0.3 is 9.84 Å². The zero-order chi connectivity index (χ0) is 14.3. The van der Waals surface area contributed by atoms with Gasteiger partial charge in [0.2, 0.25) is 0 Å². The van der Waals surface area contributed by atoms with Crippen molar-refractivity contribution in [1.82, 2.24) is 5.32 Å². The minimum atomic E-state index is -0.897. The molecule has 0 aliphatic heterocycles. The maximum Gasteiger partial charge on any atom is 0.323 e. The molecule has 4 nitrogen and oxygen atoms in total. The molecule has 0 amide bonds. The van der Waals surface area contributed by atoms with Crippen LogP contribution in [0.15, 0.2) is 24.3 Å². The predicted octanol–water partition coefficient (Wildman–Crippen LogP) is 2.44. The van der Waals surface area contributed by atoms with Crippen LogP contribution in [0.25, 0.3) is 0 Å². The molecule has 0 saturated carbocycles. The van der Waals surface area contributed by atoms with Crippen LogP contribution in [0.2, 0.25) is 0 Å². The average molecular weight is 269 g/mol. The van der Waals surface area contributed by atoms with Crippen LogP contribution in [0.3, 0.4) is 0 Å². The van der Waals surface area contributed by atoms with E-state index in [1.807, 2.05) is 13.8 Å². The molecule has 0 saturated heterocycles. The highest BCUT2D eigenvalue weighted by atomic mass is 19.1. The number of carbonyl (C=O) groups is 1. The first-order chi connectivity index (χ1) is 9.04. The van der Waals surface area contributed by atoms with E-state index in [4.69, 9.17) is 4.74 Å². The van der Waals surface area contributed by atoms with Gasteiger partial charge in [-0.15, -0.1) is 0 Å². The Balaban J connectivity index is 2.41. The van der Waals surface area contributed by atoms with Crippen LogP contribution in [0.4, 0.5) is 4.39 Å². The van der Waals surface area contributed by atoms with Gasteiger partial charge in [0.1, 0.15) is 23.7 Å². The molecule has 0 radical (unpaired) electrons. The molecule has 0 aliphatic rings. The summed E-state index contributed by atoms with van der Waals surface area (Å²) in [5.41, 5.74) is -0.897. The molecule has 5 heteroatoms. The first-order valence-corrected chi connectivity index (χ1v) is 6.41. The lowest BCUT2D eigenvalue weighted by Crippen LogP contribution is -2.52. The number of ether oxygens (including phenoxy) is 1. The number of aliphatic carboxylic acids is 1. The van der Waals surface area contributed by atoms with Crippen LogP contribution in [0, 0.1) is 5.82 Å². The Morgan fingerprint density at radius 2 is 1.89 bits per heavy atom. The summed E-state index contributed by atoms with van der Waals surface area (Å²) in [7, 11) is 0. The lowest BCUT2D eigenvalue weighted by Gasteiger charge is -2.28. The summed E-state index contributed by atoms with van der Waals surface area (Å²) >= 11 is 0. The molecule has 1 aromatic rings. The van der Waals surface area contributed by atoms with Crippen LogP contribution in [-0.2, 0) is 4.79 Å². The quantitative estimate of drug-likeness (QED) is 0.712. The standard InChI is InChI=1S/C14H20FNO3/c1-3-14(4-2,13(17)18)16-9-10-19-12-7-5-11(15)6-8-12/h5-8,16H,3-4,9-10H2,1-2H3,(H,17,18). The molecule has 1 aromatic carbocycles. The molecule has 106 valence electrons. The summed E-state index contributed by atoms with van der Waals surface area (Å²) in [6, 6.07) is 5.73. The van der Waals surface area contributed by atoms with E-state index in [0.717, 1.165) is 0 Å². The minimum Gasteiger partial charge on any atom is -0.492 e. The topological polar surface area (TPSA) is 58.6 Å². The third-order valence-electron chi connectivity index (χ3n) is 3.26. The number of hydrogen-bond donors (Lipinski definition) is 2. The van der Waals surface area contributed by atoms with E-state index in [2.05, 4.69) is 5.32 Å². The highest BCUT2D eigenvalue weighted by Gasteiger charge is 2.33. The summed E-state index contributed by atoms with van der Waals surface area (Å²) in [4.78, 5) is 11.2. The Kier molecular flexibility index (Phi) is 5.76. The number of hydrogen-bond acceptors (Lipinski definition) is 3. The molecular weight excluding hydrogens is 249 g/mol.